The third-order valence-electron chi connectivity index (χ3n) is 5.46. The van der Waals surface area contributed by atoms with E-state index in [4.69, 9.17) is 5.11 Å². The number of piperidine rings is 1. The number of ether oxygens (including phenoxy) is 2. The van der Waals surface area contributed by atoms with Crippen LogP contribution >= 0.6 is 0 Å². The highest BCUT2D eigenvalue weighted by Crippen LogP contribution is 2.30. The molecule has 2 fully saturated rings. The van der Waals surface area contributed by atoms with Crippen molar-refractivity contribution in [2.45, 2.75) is 25.3 Å². The Labute approximate surface area is 172 Å². The number of aliphatic carboxylic acids is 1. The number of rotatable bonds is 5. The van der Waals surface area contributed by atoms with Gasteiger partial charge in [-0.2, -0.15) is 0 Å². The van der Waals surface area contributed by atoms with Gasteiger partial charge < -0.3 is 14.6 Å². The van der Waals surface area contributed by atoms with Gasteiger partial charge >= 0.3 is 17.9 Å². The normalized spacial score (nSPS) is 20.3. The molecule has 10 nitrogen and oxygen atoms in total. The van der Waals surface area contributed by atoms with Crippen LogP contribution < -0.4 is 4.90 Å². The van der Waals surface area contributed by atoms with Gasteiger partial charge in [0, 0.05) is 0 Å². The minimum absolute atomic E-state index is 0.00159. The summed E-state index contributed by atoms with van der Waals surface area (Å²) >= 11 is 0. The summed E-state index contributed by atoms with van der Waals surface area (Å²) in [6.45, 7) is 0.786. The zero-order valence-corrected chi connectivity index (χ0v) is 16.6. The van der Waals surface area contributed by atoms with Gasteiger partial charge in [0.1, 0.15) is 0 Å². The summed E-state index contributed by atoms with van der Waals surface area (Å²) in [7, 11) is 2.35. The van der Waals surface area contributed by atoms with Crippen molar-refractivity contribution in [2.24, 2.45) is 5.92 Å². The molecule has 0 aromatic heterocycles. The van der Waals surface area contributed by atoms with Gasteiger partial charge in [-0.05, 0) is 44.1 Å². The minimum atomic E-state index is -0.861. The van der Waals surface area contributed by atoms with E-state index in [9.17, 15) is 24.0 Å². The summed E-state index contributed by atoms with van der Waals surface area (Å²) < 4.78 is 9.37. The predicted octanol–water partition coefficient (Wildman–Crippen LogP) is 0.688. The molecule has 0 bridgehead atoms. The average Bonchev–Trinajstić information content (AvgIpc) is 3.06. The number of anilines is 1. The zero-order valence-electron chi connectivity index (χ0n) is 16.6. The Balaban J connectivity index is 1.88. The largest absolute Gasteiger partial charge is 0.481 e. The van der Waals surface area contributed by atoms with Crippen molar-refractivity contribution in [1.29, 1.82) is 0 Å². The molecule has 0 radical (unpaired) electrons. The number of carboxylic acids is 1. The van der Waals surface area contributed by atoms with E-state index in [0.717, 1.165) is 4.90 Å². The molecular formula is C20H22N2O8. The van der Waals surface area contributed by atoms with Crippen LogP contribution in [0.15, 0.2) is 18.2 Å². The van der Waals surface area contributed by atoms with Gasteiger partial charge in [-0.1, -0.05) is 0 Å². The van der Waals surface area contributed by atoms with Crippen molar-refractivity contribution in [3.63, 3.8) is 0 Å². The van der Waals surface area contributed by atoms with E-state index in [-0.39, 0.29) is 23.2 Å². The molecule has 2 heterocycles. The molecule has 0 aliphatic carbocycles. The molecule has 2 aliphatic heterocycles. The number of hydrogen-bond acceptors (Lipinski definition) is 8. The van der Waals surface area contributed by atoms with E-state index < -0.39 is 41.7 Å². The monoisotopic (exact) mass is 418 g/mol. The van der Waals surface area contributed by atoms with Gasteiger partial charge in [-0.3, -0.25) is 19.3 Å². The molecular weight excluding hydrogens is 396 g/mol. The Morgan fingerprint density at radius 3 is 1.97 bits per heavy atom. The number of amides is 2. The highest BCUT2D eigenvalue weighted by atomic mass is 16.5. The number of benzene rings is 1. The minimum Gasteiger partial charge on any atom is -0.481 e. The molecule has 3 rings (SSSR count). The van der Waals surface area contributed by atoms with Gasteiger partial charge in [0.25, 0.3) is 5.91 Å². The lowest BCUT2D eigenvalue weighted by Gasteiger charge is -2.33. The van der Waals surface area contributed by atoms with E-state index in [1.807, 2.05) is 4.90 Å². The summed E-state index contributed by atoms with van der Waals surface area (Å²) in [5.41, 5.74) is 0.0830. The molecule has 1 atom stereocenters. The summed E-state index contributed by atoms with van der Waals surface area (Å²) in [6, 6.07) is 3.18. The third-order valence-corrected chi connectivity index (χ3v) is 5.46. The number of esters is 2. The second-order valence-corrected chi connectivity index (χ2v) is 7.19. The van der Waals surface area contributed by atoms with Crippen molar-refractivity contribution >= 4 is 35.4 Å². The second-order valence-electron chi connectivity index (χ2n) is 7.19. The number of hydrogen-bond donors (Lipinski definition) is 1. The molecule has 1 aromatic rings. The van der Waals surface area contributed by atoms with Crippen LogP contribution in [0.25, 0.3) is 0 Å². The fourth-order valence-electron chi connectivity index (χ4n) is 3.84. The molecule has 160 valence electrons. The fourth-order valence-corrected chi connectivity index (χ4v) is 3.84. The lowest BCUT2D eigenvalue weighted by Crippen LogP contribution is -2.46. The standard InChI is InChI=1S/C20H22N2O8/c1-29-19(27)12-7-13(20(28)30-2)9-14(8-12)22-16(23)10-15(17(22)24)21-5-3-11(4-6-21)18(25)26/h7-9,11,15H,3-6,10H2,1-2H3,(H,25,26). The van der Waals surface area contributed by atoms with E-state index in [1.54, 1.807) is 0 Å². The predicted molar refractivity (Wildman–Crippen MR) is 102 cm³/mol. The van der Waals surface area contributed by atoms with Gasteiger partial charge in [0.2, 0.25) is 5.91 Å². The van der Waals surface area contributed by atoms with Crippen LogP contribution in [-0.2, 0) is 23.9 Å². The molecule has 0 spiro atoms. The van der Waals surface area contributed by atoms with Crippen LogP contribution in [0.2, 0.25) is 0 Å². The first-order valence-electron chi connectivity index (χ1n) is 9.42. The maximum atomic E-state index is 13.0. The van der Waals surface area contributed by atoms with E-state index >= 15 is 0 Å². The molecule has 2 amide bonds. The van der Waals surface area contributed by atoms with E-state index in [1.165, 1.54) is 32.4 Å². The van der Waals surface area contributed by atoms with Crippen LogP contribution in [-0.4, -0.2) is 73.1 Å². The summed E-state index contributed by atoms with van der Waals surface area (Å²) in [6.07, 6.45) is 0.738. The molecule has 30 heavy (non-hydrogen) atoms. The molecule has 2 aliphatic rings. The van der Waals surface area contributed by atoms with Gasteiger partial charge in [0.15, 0.2) is 0 Å². The zero-order chi connectivity index (χ0) is 22.0. The maximum Gasteiger partial charge on any atom is 0.337 e. The van der Waals surface area contributed by atoms with Gasteiger partial charge in [-0.25, -0.2) is 14.5 Å². The number of nitrogens with zero attached hydrogens (tertiary/aromatic N) is 2. The lowest BCUT2D eigenvalue weighted by molar-refractivity contribution is -0.143. The third kappa shape index (κ3) is 4.04. The highest BCUT2D eigenvalue weighted by Gasteiger charge is 2.44. The van der Waals surface area contributed by atoms with Crippen molar-refractivity contribution in [2.75, 3.05) is 32.2 Å². The number of methoxy groups -OCH3 is 2. The van der Waals surface area contributed by atoms with E-state index in [0.29, 0.717) is 25.9 Å². The summed E-state index contributed by atoms with van der Waals surface area (Å²) in [5, 5.41) is 9.13. The van der Waals surface area contributed by atoms with E-state index in [2.05, 4.69) is 9.47 Å². The number of carbonyl (C=O) groups is 5. The average molecular weight is 418 g/mol. The number of likely N-dealkylation sites (tertiary alicyclic amines) is 1. The van der Waals surface area contributed by atoms with Crippen LogP contribution in [0.4, 0.5) is 5.69 Å². The number of carbonyl (C=O) groups excluding carboxylic acids is 4. The number of imide groups is 1. The Morgan fingerprint density at radius 1 is 0.967 bits per heavy atom. The first-order valence-corrected chi connectivity index (χ1v) is 9.42. The van der Waals surface area contributed by atoms with Crippen LogP contribution in [0.5, 0.6) is 0 Å². The molecule has 2 saturated heterocycles. The quantitative estimate of drug-likeness (QED) is 0.542. The topological polar surface area (TPSA) is 131 Å². The molecule has 1 aromatic carbocycles. The molecule has 1 N–H and O–H groups in total. The van der Waals surface area contributed by atoms with Crippen LogP contribution in [0.3, 0.4) is 0 Å². The Hall–Kier alpha value is -3.27. The smallest absolute Gasteiger partial charge is 0.337 e. The summed E-state index contributed by atoms with van der Waals surface area (Å²) in [4.78, 5) is 63.6. The lowest BCUT2D eigenvalue weighted by atomic mass is 9.95. The SMILES string of the molecule is COC(=O)c1cc(C(=O)OC)cc(N2C(=O)CC(N3CCC(C(=O)O)CC3)C2=O)c1. The van der Waals surface area contributed by atoms with Crippen molar-refractivity contribution in [3.05, 3.63) is 29.3 Å². The molecule has 1 unspecified atom stereocenters. The first kappa shape index (κ1) is 21.4. The molecule has 10 heteroatoms. The Bertz CT molecular complexity index is 870. The van der Waals surface area contributed by atoms with Crippen molar-refractivity contribution in [1.82, 2.24) is 4.90 Å². The van der Waals surface area contributed by atoms with Gasteiger partial charge in [0.05, 0.1) is 49.4 Å². The fraction of sp³-hybridized carbons (Fsp3) is 0.450. The maximum absolute atomic E-state index is 13.0. The molecule has 0 saturated carbocycles. The van der Waals surface area contributed by atoms with Crippen molar-refractivity contribution in [3.8, 4) is 0 Å². The van der Waals surface area contributed by atoms with Crippen molar-refractivity contribution < 1.29 is 38.6 Å². The summed E-state index contributed by atoms with van der Waals surface area (Å²) in [5.74, 6) is -3.72. The highest BCUT2D eigenvalue weighted by molar-refractivity contribution is 6.23. The van der Waals surface area contributed by atoms with Crippen LogP contribution in [0, 0.1) is 5.92 Å². The number of carboxylic acid groups (broad SMARTS) is 1. The Kier molecular flexibility index (Phi) is 6.16. The Morgan fingerprint density at radius 2 is 1.50 bits per heavy atom. The first-order chi connectivity index (χ1) is 14.3. The van der Waals surface area contributed by atoms with Crippen LogP contribution in [0.1, 0.15) is 40.0 Å². The second kappa shape index (κ2) is 8.62. The van der Waals surface area contributed by atoms with Gasteiger partial charge in [-0.15, -0.1) is 0 Å².